The van der Waals surface area contributed by atoms with Gasteiger partial charge < -0.3 is 20.7 Å². The molecule has 61 heavy (non-hydrogen) atoms. The number of rotatable bonds is 21. The summed E-state index contributed by atoms with van der Waals surface area (Å²) in [5.74, 6) is -7.38. The van der Waals surface area contributed by atoms with Crippen LogP contribution in [-0.4, -0.2) is 64.4 Å². The molecule has 1 aliphatic carbocycles. The third-order valence-corrected chi connectivity index (χ3v) is 11.8. The summed E-state index contributed by atoms with van der Waals surface area (Å²) in [6.45, 7) is 1.95. The summed E-state index contributed by atoms with van der Waals surface area (Å²) in [4.78, 5) is 96.0. The average molecular weight is 846 g/mol. The maximum Gasteiger partial charge on any atom is 0.417 e. The molecule has 3 amide bonds. The van der Waals surface area contributed by atoms with Crippen molar-refractivity contribution in [1.82, 2.24) is 10.2 Å². The van der Waals surface area contributed by atoms with Crippen LogP contribution in [0.4, 0.5) is 13.2 Å². The van der Waals surface area contributed by atoms with Gasteiger partial charge in [-0.2, -0.15) is 13.2 Å². The zero-order valence-corrected chi connectivity index (χ0v) is 34.4. The molecule has 1 saturated carbocycles. The molecule has 2 fully saturated rings. The number of likely N-dealkylation sites (tertiary alicyclic amines) is 1. The predicted molar refractivity (Wildman–Crippen MR) is 219 cm³/mol. The van der Waals surface area contributed by atoms with Crippen molar-refractivity contribution in [2.45, 2.75) is 115 Å². The van der Waals surface area contributed by atoms with E-state index >= 15 is 0 Å². The highest BCUT2D eigenvalue weighted by Crippen LogP contribution is 2.38. The molecule has 11 nitrogen and oxygen atoms in total. The van der Waals surface area contributed by atoms with Crippen LogP contribution in [0.2, 0.25) is 0 Å². The number of ketones is 4. The number of ether oxygens (including phenoxy) is 1. The summed E-state index contributed by atoms with van der Waals surface area (Å²) in [7, 11) is 0. The van der Waals surface area contributed by atoms with E-state index < -0.39 is 107 Å². The van der Waals surface area contributed by atoms with Crippen LogP contribution < -0.4 is 11.1 Å². The normalized spacial score (nSPS) is 18.5. The Morgan fingerprint density at radius 2 is 1.48 bits per heavy atom. The Balaban J connectivity index is 1.34. The second kappa shape index (κ2) is 21.8. The summed E-state index contributed by atoms with van der Waals surface area (Å²) < 4.78 is 48.2. The minimum absolute atomic E-state index is 0.0195. The Morgan fingerprint density at radius 1 is 0.836 bits per heavy atom. The first-order valence-corrected chi connectivity index (χ1v) is 21.1. The number of alkyl halides is 3. The highest BCUT2D eigenvalue weighted by molar-refractivity contribution is 6.38. The fraction of sp³-hybridized carbons (Fsp3) is 0.468. The van der Waals surface area contributed by atoms with Crippen molar-refractivity contribution in [2.24, 2.45) is 23.5 Å². The third-order valence-electron chi connectivity index (χ3n) is 11.8. The van der Waals surface area contributed by atoms with Crippen LogP contribution in [0.3, 0.4) is 0 Å². The van der Waals surface area contributed by atoms with Crippen LogP contribution in [0.15, 0.2) is 84.9 Å². The van der Waals surface area contributed by atoms with Gasteiger partial charge >= 0.3 is 6.18 Å². The van der Waals surface area contributed by atoms with Crippen LogP contribution in [0.5, 0.6) is 0 Å². The number of nitrogens with one attached hydrogen (secondary N) is 1. The maximum absolute atomic E-state index is 14.8. The van der Waals surface area contributed by atoms with Crippen molar-refractivity contribution in [1.29, 1.82) is 0 Å². The number of nitrogens with two attached hydrogens (primary N) is 1. The average Bonchev–Trinajstić information content (AvgIpc) is 3.70. The van der Waals surface area contributed by atoms with E-state index in [0.29, 0.717) is 24.8 Å². The number of Topliss-reactive ketones (excluding diaryl/α,β-unsaturated/α-hetero) is 4. The summed E-state index contributed by atoms with van der Waals surface area (Å²) >= 11 is 0. The molecule has 1 aliphatic heterocycles. The van der Waals surface area contributed by atoms with Gasteiger partial charge in [-0.25, -0.2) is 0 Å². The van der Waals surface area contributed by atoms with Gasteiger partial charge in [0.15, 0.2) is 17.3 Å². The number of carbonyl (C=O) groups is 7. The first-order chi connectivity index (χ1) is 29.2. The molecule has 326 valence electrons. The van der Waals surface area contributed by atoms with Gasteiger partial charge in [0.25, 0.3) is 0 Å². The number of carbonyl (C=O) groups excluding carboxylic acids is 7. The van der Waals surface area contributed by atoms with E-state index in [4.69, 9.17) is 10.5 Å². The van der Waals surface area contributed by atoms with Gasteiger partial charge in [0.1, 0.15) is 6.04 Å². The molecule has 3 aromatic carbocycles. The van der Waals surface area contributed by atoms with Gasteiger partial charge in [-0.1, -0.05) is 111 Å². The van der Waals surface area contributed by atoms with Crippen LogP contribution >= 0.6 is 0 Å². The number of nitrogens with zero attached hydrogens (tertiary/aromatic N) is 1. The SMILES string of the molecule is CCCC(CC(=O)[C@@H]1C[C@@H](OCc2ccccc2)CN1C(=O)C(CC(=O)c1ccccc1C(F)(F)F)C1CCCCC1)C(=O)C(=O)CCC(=O)NC(C(N)=O)c1ccccc1. The molecule has 0 aromatic heterocycles. The molecule has 3 aromatic rings. The fourth-order valence-electron chi connectivity index (χ4n) is 8.57. The Bertz CT molecular complexity index is 2020. The van der Waals surface area contributed by atoms with Crippen molar-refractivity contribution < 1.29 is 51.5 Å². The summed E-state index contributed by atoms with van der Waals surface area (Å²) in [6, 6.07) is 19.9. The Kier molecular flexibility index (Phi) is 16.7. The Hall–Kier alpha value is -5.50. The monoisotopic (exact) mass is 845 g/mol. The summed E-state index contributed by atoms with van der Waals surface area (Å²) in [5, 5.41) is 2.50. The van der Waals surface area contributed by atoms with Gasteiger partial charge in [-0.05, 0) is 42.4 Å². The van der Waals surface area contributed by atoms with Gasteiger partial charge in [0, 0.05) is 56.0 Å². The summed E-state index contributed by atoms with van der Waals surface area (Å²) in [5.41, 5.74) is 5.20. The van der Waals surface area contributed by atoms with Crippen molar-refractivity contribution >= 4 is 40.9 Å². The third kappa shape index (κ3) is 12.8. The van der Waals surface area contributed by atoms with Crippen LogP contribution in [0.25, 0.3) is 0 Å². The fourth-order valence-corrected chi connectivity index (χ4v) is 8.57. The van der Waals surface area contributed by atoms with E-state index in [1.54, 1.807) is 37.3 Å². The first kappa shape index (κ1) is 46.6. The zero-order chi connectivity index (χ0) is 44.1. The molecule has 5 atom stereocenters. The van der Waals surface area contributed by atoms with Crippen molar-refractivity contribution in [2.75, 3.05) is 6.54 Å². The minimum Gasteiger partial charge on any atom is -0.372 e. The van der Waals surface area contributed by atoms with Gasteiger partial charge in [0.2, 0.25) is 23.5 Å². The van der Waals surface area contributed by atoms with E-state index in [1.807, 2.05) is 30.3 Å². The smallest absolute Gasteiger partial charge is 0.372 e. The molecule has 14 heteroatoms. The second-order valence-corrected chi connectivity index (χ2v) is 16.1. The number of primary amides is 1. The quantitative estimate of drug-likeness (QED) is 0.0832. The Labute approximate surface area is 354 Å². The highest BCUT2D eigenvalue weighted by atomic mass is 19.4. The first-order valence-electron chi connectivity index (χ1n) is 21.1. The zero-order valence-electron chi connectivity index (χ0n) is 34.4. The number of amides is 3. The molecule has 3 unspecified atom stereocenters. The van der Waals surface area contributed by atoms with E-state index in [9.17, 15) is 46.7 Å². The largest absolute Gasteiger partial charge is 0.417 e. The number of hydrogen-bond donors (Lipinski definition) is 2. The Morgan fingerprint density at radius 3 is 2.11 bits per heavy atom. The number of halogens is 3. The van der Waals surface area contributed by atoms with Gasteiger partial charge in [0.05, 0.1) is 24.3 Å². The van der Waals surface area contributed by atoms with E-state index in [2.05, 4.69) is 5.32 Å². The van der Waals surface area contributed by atoms with E-state index in [-0.39, 0.29) is 38.3 Å². The molecule has 5 rings (SSSR count). The molecule has 3 N–H and O–H groups in total. The topological polar surface area (TPSA) is 170 Å². The van der Waals surface area contributed by atoms with E-state index in [1.165, 1.54) is 17.0 Å². The maximum atomic E-state index is 14.8. The van der Waals surface area contributed by atoms with Crippen LogP contribution in [0.1, 0.15) is 117 Å². The molecule has 0 bridgehead atoms. The predicted octanol–water partition coefficient (Wildman–Crippen LogP) is 7.30. The van der Waals surface area contributed by atoms with Crippen molar-refractivity contribution in [3.8, 4) is 0 Å². The van der Waals surface area contributed by atoms with Crippen LogP contribution in [-0.2, 0) is 46.3 Å². The number of benzene rings is 3. The lowest BCUT2D eigenvalue weighted by molar-refractivity contribution is -0.144. The number of hydrogen-bond acceptors (Lipinski definition) is 8. The van der Waals surface area contributed by atoms with Crippen molar-refractivity contribution in [3.63, 3.8) is 0 Å². The molecule has 0 radical (unpaired) electrons. The lowest BCUT2D eigenvalue weighted by Crippen LogP contribution is -2.47. The van der Waals surface area contributed by atoms with Crippen LogP contribution in [0, 0.1) is 17.8 Å². The lowest BCUT2D eigenvalue weighted by Gasteiger charge is -2.34. The molecule has 1 heterocycles. The molecule has 2 aliphatic rings. The minimum atomic E-state index is -4.79. The summed E-state index contributed by atoms with van der Waals surface area (Å²) in [6.07, 6.45) is -2.80. The molecule has 1 saturated heterocycles. The van der Waals surface area contributed by atoms with Gasteiger partial charge in [-0.3, -0.25) is 33.6 Å². The van der Waals surface area contributed by atoms with E-state index in [0.717, 1.165) is 37.0 Å². The standard InChI is InChI=1S/C47H54F3N3O8/c1-2-14-33(44(58)39(54)23-24-42(57)52-43(45(51)59)32-19-10-5-11-20-32)25-41(56)38-26-34(61-29-30-15-6-3-7-16-30)28-53(38)46(60)36(31-17-8-4-9-18-31)27-40(55)35-21-12-13-22-37(35)47(48,49)50/h3,5-7,10-13,15-16,19-22,31,33-34,36,38,43H,2,4,8-9,14,17-18,23-29H2,1H3,(H2,51,59)(H,52,57)/t33?,34-,36?,38+,43?/m1/s1. The van der Waals surface area contributed by atoms with Gasteiger partial charge in [-0.15, -0.1) is 0 Å². The molecule has 0 spiro atoms. The van der Waals surface area contributed by atoms with Crippen molar-refractivity contribution in [3.05, 3.63) is 107 Å². The second-order valence-electron chi connectivity index (χ2n) is 16.1. The highest BCUT2D eigenvalue weighted by Gasteiger charge is 2.46. The molecular weight excluding hydrogens is 792 g/mol. The molecular formula is C47H54F3N3O8. The lowest BCUT2D eigenvalue weighted by atomic mass is 9.76.